The van der Waals surface area contributed by atoms with Gasteiger partial charge in [0.15, 0.2) is 22.6 Å². The highest BCUT2D eigenvalue weighted by Crippen LogP contribution is 2.30. The lowest BCUT2D eigenvalue weighted by molar-refractivity contribution is -0.149. The van der Waals surface area contributed by atoms with Crippen LogP contribution in [0.25, 0.3) is 0 Å². The molecule has 14 heteroatoms. The van der Waals surface area contributed by atoms with Crippen molar-refractivity contribution in [1.82, 2.24) is 0 Å². The molecule has 186 valence electrons. The average molecular weight is 497 g/mol. The summed E-state index contributed by atoms with van der Waals surface area (Å²) >= 11 is 0. The minimum atomic E-state index is -2.27. The molecule has 0 aromatic carbocycles. The number of nitrogens with two attached hydrogens (primary N) is 6. The zero-order chi connectivity index (χ0) is 24.9. The average Bonchev–Trinajstić information content (AvgIpc) is 2.74. The first kappa shape index (κ1) is 30.7. The second kappa shape index (κ2) is 14.8. The number of hydrogen-bond acceptors (Lipinski definition) is 12. The lowest BCUT2D eigenvalue weighted by atomic mass is 9.90. The van der Waals surface area contributed by atoms with Gasteiger partial charge in [-0.05, 0) is 38.8 Å². The topological polar surface area (TPSA) is 265 Å². The molecule has 0 unspecified atom stereocenters. The number of aliphatic carboxylic acids is 2. The van der Waals surface area contributed by atoms with Crippen LogP contribution in [0.3, 0.4) is 0 Å². The van der Waals surface area contributed by atoms with Crippen molar-refractivity contribution in [3.8, 4) is 0 Å². The molecule has 4 atom stereocenters. The number of carboxylic acids is 2. The van der Waals surface area contributed by atoms with E-state index in [1.807, 2.05) is 0 Å². The summed E-state index contributed by atoms with van der Waals surface area (Å²) < 4.78 is 0. The minimum Gasteiger partial charge on any atom is -0.480 e. The van der Waals surface area contributed by atoms with Gasteiger partial charge in [0.2, 0.25) is 0 Å². The van der Waals surface area contributed by atoms with Crippen molar-refractivity contribution in [2.24, 2.45) is 34.4 Å². The van der Waals surface area contributed by atoms with E-state index in [2.05, 4.69) is 0 Å². The molecule has 0 heterocycles. The van der Waals surface area contributed by atoms with Crippen LogP contribution in [0.1, 0.15) is 38.5 Å². The van der Waals surface area contributed by atoms with Gasteiger partial charge < -0.3 is 44.6 Å². The van der Waals surface area contributed by atoms with Gasteiger partial charge in [0.25, 0.3) is 0 Å². The number of carbonyl (C=O) groups excluding carboxylic acids is 2. The van der Waals surface area contributed by atoms with E-state index in [0.717, 1.165) is 21.6 Å². The van der Waals surface area contributed by atoms with E-state index in [0.29, 0.717) is 38.8 Å². The molecule has 0 amide bonds. The van der Waals surface area contributed by atoms with E-state index in [-0.39, 0.29) is 12.8 Å². The van der Waals surface area contributed by atoms with Gasteiger partial charge in [0.05, 0.1) is 12.1 Å². The number of unbranched alkanes of at least 4 members (excludes halogenated alkanes) is 2. The zero-order valence-electron chi connectivity index (χ0n) is 18.0. The van der Waals surface area contributed by atoms with E-state index >= 15 is 0 Å². The minimum absolute atomic E-state index is 0.238. The van der Waals surface area contributed by atoms with Crippen molar-refractivity contribution in [3.63, 3.8) is 0 Å². The molecule has 0 rings (SSSR count). The number of ketones is 2. The highest BCUT2D eigenvalue weighted by molar-refractivity contribution is 8.76. The molecule has 12 nitrogen and oxygen atoms in total. The number of rotatable bonds is 19. The van der Waals surface area contributed by atoms with Gasteiger partial charge in [0, 0.05) is 11.5 Å². The molecule has 0 aromatic rings. The van der Waals surface area contributed by atoms with Crippen LogP contribution >= 0.6 is 21.6 Å². The third-order valence-corrected chi connectivity index (χ3v) is 7.43. The van der Waals surface area contributed by atoms with E-state index in [4.69, 9.17) is 34.4 Å². The van der Waals surface area contributed by atoms with Crippen LogP contribution in [0, 0.1) is 0 Å². The second-order valence-corrected chi connectivity index (χ2v) is 10.1. The molecule has 32 heavy (non-hydrogen) atoms. The van der Waals surface area contributed by atoms with Crippen LogP contribution in [0.15, 0.2) is 0 Å². The first-order valence-electron chi connectivity index (χ1n) is 10.2. The van der Waals surface area contributed by atoms with Gasteiger partial charge in [0.1, 0.15) is 0 Å². The van der Waals surface area contributed by atoms with Gasteiger partial charge >= 0.3 is 11.9 Å². The van der Waals surface area contributed by atoms with Crippen molar-refractivity contribution >= 4 is 45.1 Å². The number of carbonyl (C=O) groups is 4. The Bertz CT molecular complexity index is 603. The van der Waals surface area contributed by atoms with Crippen LogP contribution in [0.5, 0.6) is 0 Å². The first-order chi connectivity index (χ1) is 14.9. The molecule has 0 fully saturated rings. The second-order valence-electron chi connectivity index (χ2n) is 7.59. The Morgan fingerprint density at radius 1 is 0.688 bits per heavy atom. The number of hydrogen-bond donors (Lipinski definition) is 8. The standard InChI is InChI=1S/C18H36N6O6S2/c19-7-3-1-5-11(21)13(25)17(23,15(27)28)9-31-32-10-18(24,16(29)30)14(26)12(22)6-2-4-8-20/h11-12H,1-10,19-24H2,(H,27,28)(H,29,30)/t11-,12-,17+,18+/m0/s1. The molecular weight excluding hydrogens is 460 g/mol. The summed E-state index contributed by atoms with van der Waals surface area (Å²) in [5, 5.41) is 19.0. The molecule has 0 aliphatic carbocycles. The molecule has 14 N–H and O–H groups in total. The largest absolute Gasteiger partial charge is 0.480 e. The summed E-state index contributed by atoms with van der Waals surface area (Å²) in [6.45, 7) is 0.833. The molecule has 0 saturated carbocycles. The smallest absolute Gasteiger partial charge is 0.332 e. The van der Waals surface area contributed by atoms with Crippen molar-refractivity contribution in [3.05, 3.63) is 0 Å². The van der Waals surface area contributed by atoms with Crippen molar-refractivity contribution in [2.75, 3.05) is 24.6 Å². The third kappa shape index (κ3) is 8.94. The fourth-order valence-corrected chi connectivity index (χ4v) is 5.37. The van der Waals surface area contributed by atoms with Crippen LogP contribution < -0.4 is 34.4 Å². The van der Waals surface area contributed by atoms with Gasteiger partial charge in [-0.1, -0.05) is 34.4 Å². The predicted octanol–water partition coefficient (Wildman–Crippen LogP) is -2.02. The van der Waals surface area contributed by atoms with Gasteiger partial charge in [-0.3, -0.25) is 9.59 Å². The quantitative estimate of drug-likeness (QED) is 0.0545. The van der Waals surface area contributed by atoms with Crippen molar-refractivity contribution < 1.29 is 29.4 Å². The molecule has 0 bridgehead atoms. The van der Waals surface area contributed by atoms with Gasteiger partial charge in [-0.25, -0.2) is 9.59 Å². The number of carboxylic acid groups (broad SMARTS) is 2. The van der Waals surface area contributed by atoms with Crippen LogP contribution in [0.2, 0.25) is 0 Å². The SMILES string of the molecule is NCCCC[C@H](N)C(=O)[C@](N)(CSSC[C@](N)(C(=O)O)C(=O)[C@@H](N)CCCCN)C(=O)O. The number of Topliss-reactive ketones (excluding diaryl/α,β-unsaturated/α-hetero) is 2. The molecule has 0 aromatic heterocycles. The molecule has 0 saturated heterocycles. The summed E-state index contributed by atoms with van der Waals surface area (Å²) in [4.78, 5) is 48.4. The van der Waals surface area contributed by atoms with E-state index < -0.39 is 58.2 Å². The highest BCUT2D eigenvalue weighted by atomic mass is 33.1. The monoisotopic (exact) mass is 496 g/mol. The van der Waals surface area contributed by atoms with E-state index in [9.17, 15) is 29.4 Å². The molecule has 0 aliphatic heterocycles. The summed E-state index contributed by atoms with van der Waals surface area (Å²) in [5.41, 5.74) is 29.5. The molecular formula is C18H36N6O6S2. The van der Waals surface area contributed by atoms with E-state index in [1.165, 1.54) is 0 Å². The Labute approximate surface area is 195 Å². The summed E-state index contributed by atoms with van der Waals surface area (Å²) in [5.74, 6) is -5.60. The van der Waals surface area contributed by atoms with Crippen molar-refractivity contribution in [1.29, 1.82) is 0 Å². The Hall–Kier alpha value is -1.26. The predicted molar refractivity (Wildman–Crippen MR) is 126 cm³/mol. The Balaban J connectivity index is 5.05. The fraction of sp³-hybridized carbons (Fsp3) is 0.778. The lowest BCUT2D eigenvalue weighted by Crippen LogP contribution is -2.62. The zero-order valence-corrected chi connectivity index (χ0v) is 19.7. The van der Waals surface area contributed by atoms with Crippen LogP contribution in [0.4, 0.5) is 0 Å². The fourth-order valence-electron chi connectivity index (χ4n) is 2.69. The maximum Gasteiger partial charge on any atom is 0.332 e. The molecule has 0 spiro atoms. The Morgan fingerprint density at radius 3 is 1.25 bits per heavy atom. The Kier molecular flexibility index (Phi) is 14.2. The summed E-state index contributed by atoms with van der Waals surface area (Å²) in [7, 11) is 1.64. The summed E-state index contributed by atoms with van der Waals surface area (Å²) in [6, 6.07) is -2.15. The molecule has 0 radical (unpaired) electrons. The maximum absolute atomic E-state index is 12.5. The van der Waals surface area contributed by atoms with Crippen LogP contribution in [-0.2, 0) is 19.2 Å². The summed E-state index contributed by atoms with van der Waals surface area (Å²) in [6.07, 6.45) is 2.83. The van der Waals surface area contributed by atoms with Crippen LogP contribution in [-0.4, -0.2) is 81.5 Å². The third-order valence-electron chi connectivity index (χ3n) is 4.91. The Morgan fingerprint density at radius 2 is 1.00 bits per heavy atom. The normalized spacial score (nSPS) is 17.1. The van der Waals surface area contributed by atoms with Gasteiger partial charge in [-0.2, -0.15) is 0 Å². The maximum atomic E-state index is 12.5. The van der Waals surface area contributed by atoms with Gasteiger partial charge in [-0.15, -0.1) is 0 Å². The van der Waals surface area contributed by atoms with E-state index in [1.54, 1.807) is 0 Å². The molecule has 0 aliphatic rings. The highest BCUT2D eigenvalue weighted by Gasteiger charge is 2.46. The lowest BCUT2D eigenvalue weighted by Gasteiger charge is -2.28. The first-order valence-corrected chi connectivity index (χ1v) is 12.7. The van der Waals surface area contributed by atoms with Crippen molar-refractivity contribution in [2.45, 2.75) is 61.7 Å².